The molecule has 1 amide bonds. The number of piperidine rings is 1. The summed E-state index contributed by atoms with van der Waals surface area (Å²) in [5.74, 6) is 0.0189. The van der Waals surface area contributed by atoms with Gasteiger partial charge in [0.25, 0.3) is 0 Å². The van der Waals surface area contributed by atoms with Gasteiger partial charge in [0.1, 0.15) is 0 Å². The molecule has 2 heterocycles. The number of nitrogens with zero attached hydrogens (tertiary/aromatic N) is 3. The minimum Gasteiger partial charge on any atom is -0.353 e. The third-order valence-corrected chi connectivity index (χ3v) is 5.85. The predicted octanol–water partition coefficient (Wildman–Crippen LogP) is 0.510. The van der Waals surface area contributed by atoms with E-state index >= 15 is 0 Å². The van der Waals surface area contributed by atoms with Crippen molar-refractivity contribution in [3.05, 3.63) is 17.0 Å². The second-order valence-electron chi connectivity index (χ2n) is 6.28. The Balaban J connectivity index is 1.80. The second kappa shape index (κ2) is 7.00. The summed E-state index contributed by atoms with van der Waals surface area (Å²) in [4.78, 5) is 12.1. The number of carbonyl (C=O) groups excluding carboxylic acids is 1. The Morgan fingerprint density at radius 1 is 1.30 bits per heavy atom. The van der Waals surface area contributed by atoms with Crippen molar-refractivity contribution in [1.82, 2.24) is 19.4 Å². The van der Waals surface area contributed by atoms with Gasteiger partial charge in [0.05, 0.1) is 11.9 Å². The number of rotatable bonds is 5. The van der Waals surface area contributed by atoms with E-state index in [1.165, 1.54) is 10.6 Å². The highest BCUT2D eigenvalue weighted by atomic mass is 32.2. The summed E-state index contributed by atoms with van der Waals surface area (Å²) >= 11 is 0. The van der Waals surface area contributed by atoms with E-state index in [0.717, 1.165) is 17.0 Å². The molecule has 1 aliphatic heterocycles. The minimum absolute atomic E-state index is 0.0189. The van der Waals surface area contributed by atoms with Gasteiger partial charge in [-0.2, -0.15) is 5.10 Å². The van der Waals surface area contributed by atoms with E-state index < -0.39 is 10.0 Å². The molecule has 0 spiro atoms. The Bertz CT molecular complexity index is 673. The largest absolute Gasteiger partial charge is 0.353 e. The number of nitrogens with one attached hydrogen (secondary N) is 1. The maximum atomic E-state index is 12.1. The van der Waals surface area contributed by atoms with E-state index in [9.17, 15) is 13.2 Å². The zero-order valence-electron chi connectivity index (χ0n) is 14.3. The van der Waals surface area contributed by atoms with Crippen molar-refractivity contribution in [2.75, 3.05) is 19.3 Å². The molecular formula is C15H26N4O3S. The van der Waals surface area contributed by atoms with Crippen molar-refractivity contribution in [3.8, 4) is 0 Å². The van der Waals surface area contributed by atoms with Gasteiger partial charge in [-0.25, -0.2) is 12.7 Å². The van der Waals surface area contributed by atoms with Gasteiger partial charge in [-0.3, -0.25) is 9.48 Å². The van der Waals surface area contributed by atoms with E-state index in [0.29, 0.717) is 38.8 Å². The van der Waals surface area contributed by atoms with Gasteiger partial charge in [-0.15, -0.1) is 0 Å². The lowest BCUT2D eigenvalue weighted by molar-refractivity contribution is -0.122. The average Bonchev–Trinajstić information content (AvgIpc) is 2.70. The molecule has 2 rings (SSSR count). The molecule has 1 aliphatic rings. The first-order valence-corrected chi connectivity index (χ1v) is 9.77. The van der Waals surface area contributed by atoms with Crippen LogP contribution in [0.4, 0.5) is 0 Å². The highest BCUT2D eigenvalue weighted by molar-refractivity contribution is 7.88. The highest BCUT2D eigenvalue weighted by Crippen LogP contribution is 2.15. The molecule has 1 N–H and O–H groups in total. The van der Waals surface area contributed by atoms with Gasteiger partial charge in [0, 0.05) is 38.3 Å². The van der Waals surface area contributed by atoms with E-state index in [1.54, 1.807) is 0 Å². The lowest BCUT2D eigenvalue weighted by Gasteiger charge is -2.30. The molecule has 1 aromatic heterocycles. The zero-order chi connectivity index (χ0) is 17.2. The number of amides is 1. The average molecular weight is 342 g/mol. The summed E-state index contributed by atoms with van der Waals surface area (Å²) in [5.41, 5.74) is 3.20. The molecule has 8 heteroatoms. The molecule has 0 bridgehead atoms. The van der Waals surface area contributed by atoms with Gasteiger partial charge < -0.3 is 5.32 Å². The van der Waals surface area contributed by atoms with E-state index in [4.69, 9.17) is 0 Å². The molecule has 7 nitrogen and oxygen atoms in total. The Morgan fingerprint density at radius 3 is 2.39 bits per heavy atom. The van der Waals surface area contributed by atoms with Crippen LogP contribution in [0.3, 0.4) is 0 Å². The number of hydrogen-bond acceptors (Lipinski definition) is 4. The Morgan fingerprint density at radius 2 is 1.91 bits per heavy atom. The normalized spacial score (nSPS) is 17.4. The topological polar surface area (TPSA) is 84.3 Å². The molecule has 1 saturated heterocycles. The van der Waals surface area contributed by atoms with Crippen molar-refractivity contribution in [3.63, 3.8) is 0 Å². The lowest BCUT2D eigenvalue weighted by Crippen LogP contribution is -2.46. The van der Waals surface area contributed by atoms with Gasteiger partial charge >= 0.3 is 0 Å². The van der Waals surface area contributed by atoms with Gasteiger partial charge in [0.15, 0.2) is 0 Å². The summed E-state index contributed by atoms with van der Waals surface area (Å²) < 4.78 is 26.2. The van der Waals surface area contributed by atoms with Crippen LogP contribution in [-0.4, -0.2) is 53.8 Å². The smallest absolute Gasteiger partial charge is 0.220 e. The molecule has 0 saturated carbocycles. The van der Waals surface area contributed by atoms with Gasteiger partial charge in [0.2, 0.25) is 15.9 Å². The molecule has 0 aliphatic carbocycles. The van der Waals surface area contributed by atoms with E-state index in [1.807, 2.05) is 25.6 Å². The van der Waals surface area contributed by atoms with Crippen LogP contribution in [0.25, 0.3) is 0 Å². The van der Waals surface area contributed by atoms with E-state index in [2.05, 4.69) is 10.4 Å². The summed E-state index contributed by atoms with van der Waals surface area (Å²) in [6, 6.07) is 0.0663. The fourth-order valence-electron chi connectivity index (χ4n) is 3.05. The number of aromatic nitrogens is 2. The number of sulfonamides is 1. The number of aryl methyl sites for hydroxylation is 2. The molecule has 1 fully saturated rings. The van der Waals surface area contributed by atoms with Crippen molar-refractivity contribution in [2.45, 2.75) is 45.6 Å². The maximum absolute atomic E-state index is 12.1. The quantitative estimate of drug-likeness (QED) is 0.845. The van der Waals surface area contributed by atoms with Crippen LogP contribution >= 0.6 is 0 Å². The van der Waals surface area contributed by atoms with Crippen LogP contribution < -0.4 is 5.32 Å². The summed E-state index contributed by atoms with van der Waals surface area (Å²) in [7, 11) is -1.22. The first-order valence-electron chi connectivity index (χ1n) is 7.92. The van der Waals surface area contributed by atoms with Crippen molar-refractivity contribution in [2.24, 2.45) is 7.05 Å². The molecule has 0 aromatic carbocycles. The fourth-order valence-corrected chi connectivity index (χ4v) is 3.92. The third kappa shape index (κ3) is 4.54. The molecule has 1 aromatic rings. The van der Waals surface area contributed by atoms with Gasteiger partial charge in [-0.1, -0.05) is 0 Å². The Hall–Kier alpha value is -1.41. The first-order chi connectivity index (χ1) is 10.7. The van der Waals surface area contributed by atoms with Crippen molar-refractivity contribution in [1.29, 1.82) is 0 Å². The lowest BCUT2D eigenvalue weighted by atomic mass is 10.0. The number of hydrogen-bond donors (Lipinski definition) is 1. The zero-order valence-corrected chi connectivity index (χ0v) is 15.1. The van der Waals surface area contributed by atoms with Crippen molar-refractivity contribution < 1.29 is 13.2 Å². The Kier molecular flexibility index (Phi) is 5.46. The predicted molar refractivity (Wildman–Crippen MR) is 88.6 cm³/mol. The third-order valence-electron chi connectivity index (χ3n) is 4.55. The van der Waals surface area contributed by atoms with Crippen LogP contribution in [0, 0.1) is 13.8 Å². The minimum atomic E-state index is -3.12. The van der Waals surface area contributed by atoms with Crippen LogP contribution in [0.15, 0.2) is 0 Å². The number of carbonyl (C=O) groups is 1. The monoisotopic (exact) mass is 342 g/mol. The molecule has 0 radical (unpaired) electrons. The molecular weight excluding hydrogens is 316 g/mol. The summed E-state index contributed by atoms with van der Waals surface area (Å²) in [6.45, 7) is 4.92. The highest BCUT2D eigenvalue weighted by Gasteiger charge is 2.25. The van der Waals surface area contributed by atoms with Crippen LogP contribution in [0.2, 0.25) is 0 Å². The van der Waals surface area contributed by atoms with Crippen molar-refractivity contribution >= 4 is 15.9 Å². The standard InChI is InChI=1S/C15H26N4O3S/c1-11-14(12(2)18(3)17-11)5-6-15(20)16-13-7-9-19(10-8-13)23(4,21)22/h13H,5-10H2,1-4H3,(H,16,20). The van der Waals surface area contributed by atoms with Gasteiger partial charge in [-0.05, 0) is 38.7 Å². The second-order valence-corrected chi connectivity index (χ2v) is 8.26. The maximum Gasteiger partial charge on any atom is 0.220 e. The molecule has 130 valence electrons. The fraction of sp³-hybridized carbons (Fsp3) is 0.733. The summed E-state index contributed by atoms with van der Waals surface area (Å²) in [6.07, 6.45) is 3.68. The molecule has 23 heavy (non-hydrogen) atoms. The summed E-state index contributed by atoms with van der Waals surface area (Å²) in [5, 5.41) is 7.38. The SMILES string of the molecule is Cc1nn(C)c(C)c1CCC(=O)NC1CCN(S(C)(=O)=O)CC1. The van der Waals surface area contributed by atoms with E-state index in [-0.39, 0.29) is 11.9 Å². The van der Waals surface area contributed by atoms with Crippen LogP contribution in [-0.2, 0) is 28.3 Å². The van der Waals surface area contributed by atoms with Crippen LogP contribution in [0.5, 0.6) is 0 Å². The van der Waals surface area contributed by atoms with Crippen LogP contribution in [0.1, 0.15) is 36.2 Å². The first kappa shape index (κ1) is 17.9. The molecule has 0 unspecified atom stereocenters. The Labute approximate surface area is 138 Å². The molecule has 0 atom stereocenters.